The lowest BCUT2D eigenvalue weighted by molar-refractivity contribution is -0.117. The number of carbonyl (C=O) groups is 2. The highest BCUT2D eigenvalue weighted by atomic mass is 35.5. The zero-order valence-electron chi connectivity index (χ0n) is 15.2. The van der Waals surface area contributed by atoms with Crippen molar-refractivity contribution in [1.82, 2.24) is 5.32 Å². The lowest BCUT2D eigenvalue weighted by Crippen LogP contribution is -2.25. The quantitative estimate of drug-likeness (QED) is 0.225. The van der Waals surface area contributed by atoms with Crippen LogP contribution >= 0.6 is 23.2 Å². The molecule has 2 aromatic carbocycles. The van der Waals surface area contributed by atoms with Gasteiger partial charge >= 0.3 is 5.97 Å². The molecule has 0 unspecified atom stereocenters. The van der Waals surface area contributed by atoms with Gasteiger partial charge in [-0.05, 0) is 48.4 Å². The molecule has 2 rings (SSSR count). The van der Waals surface area contributed by atoms with Crippen LogP contribution in [0.5, 0.6) is 5.75 Å². The number of hydrogen-bond donors (Lipinski definition) is 1. The van der Waals surface area contributed by atoms with E-state index in [1.807, 2.05) is 13.0 Å². The average Bonchev–Trinajstić information content (AvgIpc) is 2.69. The van der Waals surface area contributed by atoms with Crippen LogP contribution in [0, 0.1) is 11.3 Å². The van der Waals surface area contributed by atoms with E-state index in [4.69, 9.17) is 27.9 Å². The first kappa shape index (κ1) is 21.5. The molecule has 0 aromatic heterocycles. The third-order valence-corrected chi connectivity index (χ3v) is 4.48. The predicted molar refractivity (Wildman–Crippen MR) is 109 cm³/mol. The van der Waals surface area contributed by atoms with Gasteiger partial charge in [-0.2, -0.15) is 5.26 Å². The monoisotopic (exact) mass is 416 g/mol. The fourth-order valence-corrected chi connectivity index (χ4v) is 2.51. The Balaban J connectivity index is 2.05. The number of nitrogens with zero attached hydrogens (tertiary/aromatic N) is 1. The normalized spacial score (nSPS) is 10.9. The van der Waals surface area contributed by atoms with Crippen molar-refractivity contribution in [3.63, 3.8) is 0 Å². The first-order chi connectivity index (χ1) is 13.4. The summed E-state index contributed by atoms with van der Waals surface area (Å²) in [6.45, 7) is 2.54. The van der Waals surface area contributed by atoms with Crippen LogP contribution in [0.1, 0.15) is 35.7 Å². The first-order valence-corrected chi connectivity index (χ1v) is 9.37. The van der Waals surface area contributed by atoms with E-state index in [2.05, 4.69) is 5.32 Å². The molecule has 2 aromatic rings. The number of carbonyl (C=O) groups excluding carboxylic acids is 2. The minimum atomic E-state index is -0.574. The number of benzene rings is 2. The van der Waals surface area contributed by atoms with Crippen LogP contribution in [-0.2, 0) is 4.79 Å². The maximum Gasteiger partial charge on any atom is 0.343 e. The van der Waals surface area contributed by atoms with Crippen molar-refractivity contribution in [2.45, 2.75) is 19.8 Å². The molecule has 0 saturated carbocycles. The lowest BCUT2D eigenvalue weighted by atomic mass is 10.1. The molecule has 5 nitrogen and oxygen atoms in total. The highest BCUT2D eigenvalue weighted by molar-refractivity contribution is 6.42. The molecule has 0 bridgehead atoms. The van der Waals surface area contributed by atoms with E-state index in [0.29, 0.717) is 22.9 Å². The molecule has 0 aliphatic heterocycles. The summed E-state index contributed by atoms with van der Waals surface area (Å²) in [5.74, 6) is -0.667. The van der Waals surface area contributed by atoms with Crippen LogP contribution in [0.4, 0.5) is 0 Å². The van der Waals surface area contributed by atoms with Crippen molar-refractivity contribution in [1.29, 1.82) is 5.26 Å². The third kappa shape index (κ3) is 6.12. The van der Waals surface area contributed by atoms with E-state index >= 15 is 0 Å². The number of hydrogen-bond acceptors (Lipinski definition) is 4. The molecule has 7 heteroatoms. The second kappa shape index (κ2) is 10.5. The fourth-order valence-electron chi connectivity index (χ4n) is 2.21. The number of halogens is 2. The Bertz CT molecular complexity index is 932. The van der Waals surface area contributed by atoms with E-state index < -0.39 is 11.9 Å². The Morgan fingerprint density at radius 3 is 2.46 bits per heavy atom. The molecule has 0 atom stereocenters. The summed E-state index contributed by atoms with van der Waals surface area (Å²) < 4.78 is 5.29. The summed E-state index contributed by atoms with van der Waals surface area (Å²) in [5.41, 5.74) is 0.919. The van der Waals surface area contributed by atoms with Gasteiger partial charge in [0.2, 0.25) is 0 Å². The van der Waals surface area contributed by atoms with Gasteiger partial charge in [0.25, 0.3) is 5.91 Å². The zero-order valence-corrected chi connectivity index (χ0v) is 16.7. The molecule has 1 amide bonds. The SMILES string of the molecule is CCCCNC(=O)/C(C#N)=C/c1ccc(OC(=O)c2ccc(Cl)c(Cl)c2)cc1. The molecule has 0 aliphatic carbocycles. The number of unbranched alkanes of at least 4 members (excludes halogenated alkanes) is 1. The van der Waals surface area contributed by atoms with E-state index in [1.54, 1.807) is 24.3 Å². The van der Waals surface area contributed by atoms with Gasteiger partial charge in [-0.25, -0.2) is 4.79 Å². The largest absolute Gasteiger partial charge is 0.423 e. The van der Waals surface area contributed by atoms with E-state index in [-0.39, 0.29) is 16.2 Å². The van der Waals surface area contributed by atoms with Gasteiger partial charge in [-0.15, -0.1) is 0 Å². The summed E-state index contributed by atoms with van der Waals surface area (Å²) in [7, 11) is 0. The summed E-state index contributed by atoms with van der Waals surface area (Å²) in [6.07, 6.45) is 3.28. The van der Waals surface area contributed by atoms with Crippen molar-refractivity contribution < 1.29 is 14.3 Å². The van der Waals surface area contributed by atoms with Crippen LogP contribution in [-0.4, -0.2) is 18.4 Å². The summed E-state index contributed by atoms with van der Waals surface area (Å²) in [4.78, 5) is 24.2. The van der Waals surface area contributed by atoms with Crippen molar-refractivity contribution in [2.24, 2.45) is 0 Å². The predicted octanol–water partition coefficient (Wildman–Crippen LogP) is 5.04. The second-order valence-corrected chi connectivity index (χ2v) is 6.68. The van der Waals surface area contributed by atoms with Gasteiger partial charge in [0.1, 0.15) is 17.4 Å². The Morgan fingerprint density at radius 2 is 1.86 bits per heavy atom. The number of ether oxygens (including phenoxy) is 1. The third-order valence-electron chi connectivity index (χ3n) is 3.74. The number of amides is 1. The molecular weight excluding hydrogens is 399 g/mol. The summed E-state index contributed by atoms with van der Waals surface area (Å²) >= 11 is 11.7. The lowest BCUT2D eigenvalue weighted by Gasteiger charge is -2.06. The minimum absolute atomic E-state index is 0.0108. The standard InChI is InChI=1S/C21H18Cl2N2O3/c1-2-3-10-25-20(26)16(13-24)11-14-4-7-17(8-5-14)28-21(27)15-6-9-18(22)19(23)12-15/h4-9,11-12H,2-3,10H2,1H3,(H,25,26)/b16-11+. The zero-order chi connectivity index (χ0) is 20.5. The van der Waals surface area contributed by atoms with Crippen molar-refractivity contribution in [3.8, 4) is 11.8 Å². The van der Waals surface area contributed by atoms with Crippen molar-refractivity contribution >= 4 is 41.2 Å². The second-order valence-electron chi connectivity index (χ2n) is 5.87. The van der Waals surface area contributed by atoms with Gasteiger partial charge in [-0.1, -0.05) is 48.7 Å². The first-order valence-electron chi connectivity index (χ1n) is 8.62. The van der Waals surface area contributed by atoms with Crippen LogP contribution in [0.15, 0.2) is 48.0 Å². The molecule has 1 N–H and O–H groups in total. The van der Waals surface area contributed by atoms with E-state index in [1.165, 1.54) is 24.3 Å². The maximum atomic E-state index is 12.2. The van der Waals surface area contributed by atoms with Gasteiger partial charge in [-0.3, -0.25) is 4.79 Å². The fraction of sp³-hybridized carbons (Fsp3) is 0.190. The van der Waals surface area contributed by atoms with Crippen LogP contribution < -0.4 is 10.1 Å². The van der Waals surface area contributed by atoms with Crippen molar-refractivity contribution in [2.75, 3.05) is 6.54 Å². The highest BCUT2D eigenvalue weighted by Crippen LogP contribution is 2.23. The molecule has 0 saturated heterocycles. The molecule has 144 valence electrons. The van der Waals surface area contributed by atoms with Gasteiger partial charge < -0.3 is 10.1 Å². The molecule has 0 spiro atoms. The summed E-state index contributed by atoms with van der Waals surface area (Å²) in [5, 5.41) is 12.5. The molecule has 0 radical (unpaired) electrons. The smallest absolute Gasteiger partial charge is 0.343 e. The molecular formula is C21H18Cl2N2O3. The van der Waals surface area contributed by atoms with Gasteiger partial charge in [0.05, 0.1) is 15.6 Å². The molecule has 28 heavy (non-hydrogen) atoms. The Kier molecular flexibility index (Phi) is 8.06. The minimum Gasteiger partial charge on any atom is -0.423 e. The molecule has 0 heterocycles. The molecule has 0 fully saturated rings. The number of nitriles is 1. The maximum absolute atomic E-state index is 12.2. The number of esters is 1. The topological polar surface area (TPSA) is 79.2 Å². The molecule has 0 aliphatic rings. The van der Waals surface area contributed by atoms with Gasteiger partial charge in [0.15, 0.2) is 0 Å². The highest BCUT2D eigenvalue weighted by Gasteiger charge is 2.11. The Labute approximate surface area is 173 Å². The van der Waals surface area contributed by atoms with Crippen LogP contribution in [0.2, 0.25) is 10.0 Å². The number of nitrogens with one attached hydrogen (secondary N) is 1. The average molecular weight is 417 g/mol. The van der Waals surface area contributed by atoms with E-state index in [0.717, 1.165) is 12.8 Å². The Hall–Kier alpha value is -2.81. The van der Waals surface area contributed by atoms with Crippen LogP contribution in [0.25, 0.3) is 6.08 Å². The van der Waals surface area contributed by atoms with Crippen molar-refractivity contribution in [3.05, 3.63) is 69.2 Å². The Morgan fingerprint density at radius 1 is 1.14 bits per heavy atom. The van der Waals surface area contributed by atoms with Gasteiger partial charge in [0, 0.05) is 6.54 Å². The number of rotatable bonds is 7. The summed E-state index contributed by atoms with van der Waals surface area (Å²) in [6, 6.07) is 12.8. The van der Waals surface area contributed by atoms with Crippen LogP contribution in [0.3, 0.4) is 0 Å². The van der Waals surface area contributed by atoms with E-state index in [9.17, 15) is 14.9 Å².